The lowest BCUT2D eigenvalue weighted by Crippen LogP contribution is -2.57. The van der Waals surface area contributed by atoms with Gasteiger partial charge in [-0.1, -0.05) is 6.92 Å². The minimum Gasteiger partial charge on any atom is -0.342 e. The first-order valence-electron chi connectivity index (χ1n) is 7.69. The molecule has 1 saturated heterocycles. The van der Waals surface area contributed by atoms with Crippen molar-refractivity contribution >= 4 is 23.6 Å². The first-order valence-corrected chi connectivity index (χ1v) is 8.84. The van der Waals surface area contributed by atoms with Gasteiger partial charge in [0.1, 0.15) is 5.54 Å². The molecule has 1 saturated carbocycles. The quantitative estimate of drug-likeness (QED) is 0.763. The molecule has 0 spiro atoms. The number of carbonyl (C=O) groups excluding carboxylic acids is 2. The number of rotatable bonds is 6. The third-order valence-corrected chi connectivity index (χ3v) is 5.39. The van der Waals surface area contributed by atoms with Crippen molar-refractivity contribution in [3.8, 4) is 0 Å². The van der Waals surface area contributed by atoms with Crippen LogP contribution in [0.5, 0.6) is 0 Å². The van der Waals surface area contributed by atoms with Gasteiger partial charge in [-0.3, -0.25) is 9.59 Å². The van der Waals surface area contributed by atoms with E-state index in [0.29, 0.717) is 12.3 Å². The zero-order valence-corrected chi connectivity index (χ0v) is 13.6. The monoisotopic (exact) mass is 298 g/mol. The molecule has 2 fully saturated rings. The molecule has 4 nitrogen and oxygen atoms in total. The summed E-state index contributed by atoms with van der Waals surface area (Å²) in [4.78, 5) is 26.8. The van der Waals surface area contributed by atoms with E-state index in [2.05, 4.69) is 12.2 Å². The molecule has 2 atom stereocenters. The van der Waals surface area contributed by atoms with Crippen LogP contribution >= 0.6 is 11.8 Å². The van der Waals surface area contributed by atoms with Gasteiger partial charge < -0.3 is 10.2 Å². The Hall–Kier alpha value is -0.710. The van der Waals surface area contributed by atoms with Crippen LogP contribution in [-0.4, -0.2) is 46.3 Å². The van der Waals surface area contributed by atoms with E-state index < -0.39 is 5.54 Å². The summed E-state index contributed by atoms with van der Waals surface area (Å²) < 4.78 is 0. The zero-order valence-electron chi connectivity index (χ0n) is 12.8. The largest absolute Gasteiger partial charge is 0.342 e. The first kappa shape index (κ1) is 15.7. The van der Waals surface area contributed by atoms with Crippen LogP contribution in [0.4, 0.5) is 0 Å². The lowest BCUT2D eigenvalue weighted by molar-refractivity contribution is -0.140. The molecule has 2 amide bonds. The van der Waals surface area contributed by atoms with Crippen molar-refractivity contribution < 1.29 is 9.59 Å². The van der Waals surface area contributed by atoms with Crippen molar-refractivity contribution in [1.82, 2.24) is 10.2 Å². The van der Waals surface area contributed by atoms with E-state index >= 15 is 0 Å². The lowest BCUT2D eigenvalue weighted by Gasteiger charge is -2.34. The number of nitrogens with one attached hydrogen (secondary N) is 1. The van der Waals surface area contributed by atoms with Gasteiger partial charge in [0, 0.05) is 19.0 Å². The number of amides is 2. The van der Waals surface area contributed by atoms with Crippen LogP contribution in [0.15, 0.2) is 0 Å². The summed E-state index contributed by atoms with van der Waals surface area (Å²) in [5, 5.41) is 2.99. The number of nitrogens with zero attached hydrogens (tertiary/aromatic N) is 1. The molecule has 114 valence electrons. The van der Waals surface area contributed by atoms with Crippen LogP contribution < -0.4 is 5.32 Å². The van der Waals surface area contributed by atoms with Gasteiger partial charge in [0.2, 0.25) is 11.8 Å². The maximum Gasteiger partial charge on any atom is 0.248 e. The second-order valence-corrected chi connectivity index (χ2v) is 7.52. The Labute approximate surface area is 126 Å². The second kappa shape index (κ2) is 6.37. The lowest BCUT2D eigenvalue weighted by atomic mass is 9.94. The average Bonchev–Trinajstić information content (AvgIpc) is 3.21. The molecule has 0 radical (unpaired) electrons. The van der Waals surface area contributed by atoms with Crippen molar-refractivity contribution in [3.63, 3.8) is 0 Å². The van der Waals surface area contributed by atoms with Gasteiger partial charge in [-0.25, -0.2) is 0 Å². The summed E-state index contributed by atoms with van der Waals surface area (Å²) in [6, 6.07) is 0.00898. The Morgan fingerprint density at radius 3 is 2.70 bits per heavy atom. The Bertz CT molecular complexity index is 384. The Morgan fingerprint density at radius 1 is 1.40 bits per heavy atom. The van der Waals surface area contributed by atoms with Gasteiger partial charge in [-0.15, -0.1) is 0 Å². The summed E-state index contributed by atoms with van der Waals surface area (Å²) in [5.74, 6) is 2.67. The summed E-state index contributed by atoms with van der Waals surface area (Å²) in [6.07, 6.45) is 3.53. The molecule has 1 aliphatic carbocycles. The minimum atomic E-state index is -0.667. The Kier molecular flexibility index (Phi) is 4.99. The second-order valence-electron chi connectivity index (χ2n) is 6.13. The molecule has 0 bridgehead atoms. The third kappa shape index (κ3) is 3.30. The standard InChI is InChI=1S/C15H26N2O2S/c1-4-20-9-5-8-17-11(2)10-13(18)16-15(3,14(17)19)12-6-7-12/h11-12H,4-10H2,1-3H3,(H,16,18). The van der Waals surface area contributed by atoms with E-state index in [1.165, 1.54) is 0 Å². The van der Waals surface area contributed by atoms with Gasteiger partial charge in [0.05, 0.1) is 0 Å². The van der Waals surface area contributed by atoms with Crippen molar-refractivity contribution in [3.05, 3.63) is 0 Å². The molecule has 1 aliphatic heterocycles. The topological polar surface area (TPSA) is 49.4 Å². The molecule has 1 N–H and O–H groups in total. The van der Waals surface area contributed by atoms with E-state index in [9.17, 15) is 9.59 Å². The van der Waals surface area contributed by atoms with Gasteiger partial charge in [0.25, 0.3) is 0 Å². The molecule has 2 unspecified atom stereocenters. The highest BCUT2D eigenvalue weighted by atomic mass is 32.2. The molecule has 5 heteroatoms. The molecule has 0 aromatic carbocycles. The summed E-state index contributed by atoms with van der Waals surface area (Å²) in [5.41, 5.74) is -0.667. The van der Waals surface area contributed by atoms with E-state index in [0.717, 1.165) is 37.3 Å². The maximum absolute atomic E-state index is 12.9. The highest BCUT2D eigenvalue weighted by Crippen LogP contribution is 2.41. The number of carbonyl (C=O) groups is 2. The van der Waals surface area contributed by atoms with Gasteiger partial charge in [-0.2, -0.15) is 11.8 Å². The van der Waals surface area contributed by atoms with Gasteiger partial charge in [0.15, 0.2) is 0 Å². The Balaban J connectivity index is 2.07. The van der Waals surface area contributed by atoms with E-state index in [4.69, 9.17) is 0 Å². The van der Waals surface area contributed by atoms with Crippen LogP contribution in [0.1, 0.15) is 46.5 Å². The number of hydrogen-bond donors (Lipinski definition) is 1. The molecule has 0 aromatic rings. The fraction of sp³-hybridized carbons (Fsp3) is 0.867. The average molecular weight is 298 g/mol. The smallest absolute Gasteiger partial charge is 0.248 e. The molecular formula is C15H26N2O2S. The van der Waals surface area contributed by atoms with Gasteiger partial charge in [-0.05, 0) is 50.5 Å². The number of hydrogen-bond acceptors (Lipinski definition) is 3. The SMILES string of the molecule is CCSCCCN1C(=O)C(C)(C2CC2)NC(=O)CC1C. The minimum absolute atomic E-state index is 0.00898. The van der Waals surface area contributed by atoms with Crippen LogP contribution in [0.2, 0.25) is 0 Å². The summed E-state index contributed by atoms with van der Waals surface area (Å²) >= 11 is 1.90. The Morgan fingerprint density at radius 2 is 2.10 bits per heavy atom. The van der Waals surface area contributed by atoms with Crippen molar-refractivity contribution in [1.29, 1.82) is 0 Å². The molecule has 2 aliphatic rings. The van der Waals surface area contributed by atoms with Crippen LogP contribution in [0.3, 0.4) is 0 Å². The van der Waals surface area contributed by atoms with Crippen molar-refractivity contribution in [2.24, 2.45) is 5.92 Å². The molecule has 20 heavy (non-hydrogen) atoms. The van der Waals surface area contributed by atoms with Crippen molar-refractivity contribution in [2.45, 2.75) is 58.0 Å². The highest BCUT2D eigenvalue weighted by Gasteiger charge is 2.52. The van der Waals surface area contributed by atoms with Crippen LogP contribution in [0.25, 0.3) is 0 Å². The molecule has 2 rings (SSSR count). The summed E-state index contributed by atoms with van der Waals surface area (Å²) in [6.45, 7) is 6.82. The highest BCUT2D eigenvalue weighted by molar-refractivity contribution is 7.99. The fourth-order valence-corrected chi connectivity index (χ4v) is 3.63. The van der Waals surface area contributed by atoms with E-state index in [-0.39, 0.29) is 17.9 Å². The van der Waals surface area contributed by atoms with E-state index in [1.807, 2.05) is 30.5 Å². The molecule has 0 aromatic heterocycles. The van der Waals surface area contributed by atoms with E-state index in [1.54, 1.807) is 0 Å². The van der Waals surface area contributed by atoms with Crippen LogP contribution in [0, 0.1) is 5.92 Å². The molecular weight excluding hydrogens is 272 g/mol. The first-order chi connectivity index (χ1) is 9.49. The summed E-state index contributed by atoms with van der Waals surface area (Å²) in [7, 11) is 0. The third-order valence-electron chi connectivity index (χ3n) is 4.40. The number of thioether (sulfide) groups is 1. The predicted octanol–water partition coefficient (Wildman–Crippen LogP) is 2.04. The zero-order chi connectivity index (χ0) is 14.8. The molecule has 1 heterocycles. The normalized spacial score (nSPS) is 31.1. The fourth-order valence-electron chi connectivity index (χ4n) is 3.01. The maximum atomic E-state index is 12.9. The van der Waals surface area contributed by atoms with Gasteiger partial charge >= 0.3 is 0 Å². The van der Waals surface area contributed by atoms with Crippen molar-refractivity contribution in [2.75, 3.05) is 18.1 Å². The predicted molar refractivity (Wildman–Crippen MR) is 82.7 cm³/mol. The van der Waals surface area contributed by atoms with Crippen LogP contribution in [-0.2, 0) is 9.59 Å².